The molecule has 0 bridgehead atoms. The van der Waals surface area contributed by atoms with Gasteiger partial charge in [0.2, 0.25) is 0 Å². The smallest absolute Gasteiger partial charge is 0.257 e. The Labute approximate surface area is 175 Å². The van der Waals surface area contributed by atoms with Gasteiger partial charge < -0.3 is 10.6 Å². The van der Waals surface area contributed by atoms with Gasteiger partial charge in [0.25, 0.3) is 11.8 Å². The zero-order valence-electron chi connectivity index (χ0n) is 15.0. The maximum absolute atomic E-state index is 13.0. The number of hydrogen-bond donors (Lipinski definition) is 2. The van der Waals surface area contributed by atoms with Crippen molar-refractivity contribution in [3.05, 3.63) is 93.6 Å². The molecule has 5 nitrogen and oxygen atoms in total. The monoisotopic (exact) mass is 419 g/mol. The number of hydrogen-bond acceptors (Lipinski definition) is 4. The third-order valence-electron chi connectivity index (χ3n) is 5.00. The van der Waals surface area contributed by atoms with Gasteiger partial charge in [-0.15, -0.1) is 11.3 Å². The number of fused-ring (bicyclic) bond motifs is 2. The van der Waals surface area contributed by atoms with Gasteiger partial charge in [-0.25, -0.2) is 0 Å². The molecule has 3 heterocycles. The molecule has 0 radical (unpaired) electrons. The van der Waals surface area contributed by atoms with Crippen LogP contribution in [0.25, 0.3) is 10.1 Å². The fourth-order valence-corrected chi connectivity index (χ4v) is 4.83. The first-order valence-electron chi connectivity index (χ1n) is 8.94. The summed E-state index contributed by atoms with van der Waals surface area (Å²) in [5.41, 5.74) is 3.16. The highest BCUT2D eigenvalue weighted by atomic mass is 35.5. The Balaban J connectivity index is 1.57. The van der Waals surface area contributed by atoms with Gasteiger partial charge in [0.15, 0.2) is 0 Å². The molecule has 142 valence electrons. The van der Waals surface area contributed by atoms with Gasteiger partial charge in [0.05, 0.1) is 16.6 Å². The molecule has 2 aromatic carbocycles. The summed E-state index contributed by atoms with van der Waals surface area (Å²) in [6.45, 7) is 0. The number of rotatable bonds is 3. The number of nitrogens with zero attached hydrogens (tertiary/aromatic N) is 1. The molecule has 2 amide bonds. The zero-order chi connectivity index (χ0) is 20.0. The van der Waals surface area contributed by atoms with Crippen LogP contribution in [0.5, 0.6) is 0 Å². The molecule has 2 aromatic heterocycles. The largest absolute Gasteiger partial charge is 0.341 e. The molecule has 0 saturated carbocycles. The maximum Gasteiger partial charge on any atom is 0.257 e. The molecule has 4 aromatic rings. The van der Waals surface area contributed by atoms with Crippen LogP contribution in [0.4, 0.5) is 5.69 Å². The molecule has 1 atom stereocenters. The first kappa shape index (κ1) is 17.8. The van der Waals surface area contributed by atoms with Crippen molar-refractivity contribution in [3.63, 3.8) is 0 Å². The third-order valence-corrected chi connectivity index (χ3v) is 6.28. The van der Waals surface area contributed by atoms with Crippen LogP contribution in [-0.2, 0) is 0 Å². The van der Waals surface area contributed by atoms with E-state index in [1.165, 1.54) is 11.3 Å². The number of carbonyl (C=O) groups excluding carboxylic acids is 2. The number of amides is 2. The maximum atomic E-state index is 13.0. The number of pyridine rings is 1. The van der Waals surface area contributed by atoms with Crippen molar-refractivity contribution in [2.75, 3.05) is 5.32 Å². The Bertz CT molecular complexity index is 1280. The number of halogens is 1. The van der Waals surface area contributed by atoms with Crippen molar-refractivity contribution < 1.29 is 9.59 Å². The molecule has 1 aliphatic rings. The summed E-state index contributed by atoms with van der Waals surface area (Å²) in [6, 6.07) is 14.4. The fraction of sp³-hybridized carbons (Fsp3) is 0.0455. The quantitative estimate of drug-likeness (QED) is 0.489. The molecule has 0 spiro atoms. The summed E-state index contributed by atoms with van der Waals surface area (Å²) in [5.74, 6) is -0.412. The second kappa shape index (κ2) is 6.99. The lowest BCUT2D eigenvalue weighted by Crippen LogP contribution is -2.21. The number of anilines is 1. The van der Waals surface area contributed by atoms with E-state index in [1.807, 2.05) is 29.6 Å². The lowest BCUT2D eigenvalue weighted by molar-refractivity contribution is 0.0959. The van der Waals surface area contributed by atoms with E-state index in [2.05, 4.69) is 15.6 Å². The van der Waals surface area contributed by atoms with Crippen molar-refractivity contribution in [2.24, 2.45) is 0 Å². The van der Waals surface area contributed by atoms with Gasteiger partial charge in [-0.3, -0.25) is 14.6 Å². The van der Waals surface area contributed by atoms with E-state index in [9.17, 15) is 9.59 Å². The topological polar surface area (TPSA) is 71.1 Å². The van der Waals surface area contributed by atoms with E-state index < -0.39 is 6.04 Å². The van der Waals surface area contributed by atoms with Gasteiger partial charge in [-0.05, 0) is 24.3 Å². The molecule has 1 unspecified atom stereocenters. The molecule has 29 heavy (non-hydrogen) atoms. The average molecular weight is 420 g/mol. The Morgan fingerprint density at radius 3 is 2.86 bits per heavy atom. The molecule has 5 rings (SSSR count). The average Bonchev–Trinajstić information content (AvgIpc) is 3.31. The van der Waals surface area contributed by atoms with E-state index in [0.29, 0.717) is 27.4 Å². The first-order chi connectivity index (χ1) is 14.1. The highest BCUT2D eigenvalue weighted by Crippen LogP contribution is 2.39. The van der Waals surface area contributed by atoms with Crippen molar-refractivity contribution in [1.82, 2.24) is 10.3 Å². The second-order valence-electron chi connectivity index (χ2n) is 6.67. The molecule has 0 aliphatic carbocycles. The summed E-state index contributed by atoms with van der Waals surface area (Å²) in [5, 5.41) is 9.16. The Morgan fingerprint density at radius 2 is 2.00 bits per heavy atom. The van der Waals surface area contributed by atoms with Crippen molar-refractivity contribution in [2.45, 2.75) is 6.04 Å². The van der Waals surface area contributed by atoms with Crippen LogP contribution in [0.3, 0.4) is 0 Å². The standard InChI is InChI=1S/C22H14ClN3O2S/c23-16-10-24-9-8-13(16)20-19-14(21(27)26-20)5-3-6-17(19)25-22(28)15-11-29-18-7-2-1-4-12(15)18/h1-11,20H,(H,25,28)(H,26,27). The second-order valence-corrected chi connectivity index (χ2v) is 7.99. The number of carbonyl (C=O) groups is 2. The van der Waals surface area contributed by atoms with E-state index >= 15 is 0 Å². The minimum atomic E-state index is -0.455. The summed E-state index contributed by atoms with van der Waals surface area (Å²) in [7, 11) is 0. The van der Waals surface area contributed by atoms with Crippen molar-refractivity contribution >= 4 is 50.5 Å². The Kier molecular flexibility index (Phi) is 4.30. The van der Waals surface area contributed by atoms with Crippen LogP contribution >= 0.6 is 22.9 Å². The summed E-state index contributed by atoms with van der Waals surface area (Å²) in [4.78, 5) is 29.6. The fourth-order valence-electron chi connectivity index (χ4n) is 3.66. The SMILES string of the molecule is O=C1NC(c2ccncc2Cl)c2c(NC(=O)c3csc4ccccc34)cccc21. The molecule has 0 saturated heterocycles. The van der Waals surface area contributed by atoms with Crippen LogP contribution in [-0.4, -0.2) is 16.8 Å². The highest BCUT2D eigenvalue weighted by molar-refractivity contribution is 7.17. The third kappa shape index (κ3) is 2.97. The van der Waals surface area contributed by atoms with Crippen LogP contribution in [0, 0.1) is 0 Å². The molecular weight excluding hydrogens is 406 g/mol. The highest BCUT2D eigenvalue weighted by Gasteiger charge is 2.33. The van der Waals surface area contributed by atoms with E-state index in [-0.39, 0.29) is 11.8 Å². The van der Waals surface area contributed by atoms with E-state index in [0.717, 1.165) is 15.6 Å². The minimum absolute atomic E-state index is 0.199. The molecular formula is C22H14ClN3O2S. The molecule has 7 heteroatoms. The van der Waals surface area contributed by atoms with E-state index in [4.69, 9.17) is 11.6 Å². The summed E-state index contributed by atoms with van der Waals surface area (Å²) in [6.07, 6.45) is 3.17. The zero-order valence-corrected chi connectivity index (χ0v) is 16.6. The van der Waals surface area contributed by atoms with Gasteiger partial charge in [0.1, 0.15) is 0 Å². The lowest BCUT2D eigenvalue weighted by Gasteiger charge is -2.17. The van der Waals surface area contributed by atoms with Gasteiger partial charge in [0, 0.05) is 50.2 Å². The van der Waals surface area contributed by atoms with Crippen LogP contribution in [0.2, 0.25) is 5.02 Å². The number of nitrogens with one attached hydrogen (secondary N) is 2. The van der Waals surface area contributed by atoms with Gasteiger partial charge in [-0.1, -0.05) is 35.9 Å². The van der Waals surface area contributed by atoms with Crippen molar-refractivity contribution in [1.29, 1.82) is 0 Å². The van der Waals surface area contributed by atoms with Crippen LogP contribution < -0.4 is 10.6 Å². The van der Waals surface area contributed by atoms with Crippen LogP contribution in [0.1, 0.15) is 37.9 Å². The van der Waals surface area contributed by atoms with Gasteiger partial charge in [-0.2, -0.15) is 0 Å². The molecule has 1 aliphatic heterocycles. The Morgan fingerprint density at radius 1 is 1.14 bits per heavy atom. The van der Waals surface area contributed by atoms with Crippen LogP contribution in [0.15, 0.2) is 66.3 Å². The number of thiophene rings is 1. The summed E-state index contributed by atoms with van der Waals surface area (Å²) < 4.78 is 1.05. The molecule has 0 fully saturated rings. The number of benzene rings is 2. The van der Waals surface area contributed by atoms with Crippen molar-refractivity contribution in [3.8, 4) is 0 Å². The predicted molar refractivity (Wildman–Crippen MR) is 115 cm³/mol. The minimum Gasteiger partial charge on any atom is -0.341 e. The predicted octanol–water partition coefficient (Wildman–Crippen LogP) is 5.03. The normalized spacial score (nSPS) is 15.2. The lowest BCUT2D eigenvalue weighted by atomic mass is 9.97. The first-order valence-corrected chi connectivity index (χ1v) is 10.2. The Hall–Kier alpha value is -3.22. The van der Waals surface area contributed by atoms with E-state index in [1.54, 1.807) is 36.7 Å². The van der Waals surface area contributed by atoms with Gasteiger partial charge >= 0.3 is 0 Å². The summed E-state index contributed by atoms with van der Waals surface area (Å²) >= 11 is 7.85. The number of aromatic nitrogens is 1. The molecule has 2 N–H and O–H groups in total.